The fourth-order valence-corrected chi connectivity index (χ4v) is 1.60. The fraction of sp³-hybridized carbons (Fsp3) is 0.571. The first kappa shape index (κ1) is 15.4. The Bertz CT molecular complexity index is 439. The van der Waals surface area contributed by atoms with Crippen LogP contribution in [-0.4, -0.2) is 18.6 Å². The number of hydrogen-bond donors (Lipinski definition) is 1. The third-order valence-electron chi connectivity index (χ3n) is 2.79. The molecule has 1 aromatic rings. The second-order valence-electron chi connectivity index (χ2n) is 5.72. The first-order valence-corrected chi connectivity index (χ1v) is 6.36. The Labute approximate surface area is 114 Å². The molecule has 0 fully saturated rings. The van der Waals surface area contributed by atoms with Crippen molar-refractivity contribution in [3.63, 3.8) is 0 Å². The van der Waals surface area contributed by atoms with Crippen LogP contribution in [0.1, 0.15) is 32.8 Å². The van der Waals surface area contributed by atoms with E-state index >= 15 is 0 Å². The molecule has 0 aromatic heterocycles. The van der Waals surface area contributed by atoms with Gasteiger partial charge >= 0.3 is 0 Å². The topological polar surface area (TPSA) is 64.4 Å². The maximum Gasteiger partial charge on any atom is 0.292 e. The molecule has 0 aliphatic heterocycles. The molecular formula is C14H22N2O3. The number of hydrogen-bond acceptors (Lipinski definition) is 4. The minimum atomic E-state index is -0.393. The SMILES string of the molecule is CNc1cc(COCCC(C)(C)C)ccc1[N+](=O)[O-]. The third-order valence-corrected chi connectivity index (χ3v) is 2.79. The van der Waals surface area contributed by atoms with E-state index < -0.39 is 4.92 Å². The molecule has 0 amide bonds. The molecule has 0 spiro atoms. The number of nitro groups is 1. The highest BCUT2D eigenvalue weighted by molar-refractivity contribution is 5.62. The summed E-state index contributed by atoms with van der Waals surface area (Å²) in [6.45, 7) is 7.67. The minimum absolute atomic E-state index is 0.0842. The minimum Gasteiger partial charge on any atom is -0.383 e. The van der Waals surface area contributed by atoms with E-state index in [2.05, 4.69) is 26.1 Å². The zero-order valence-electron chi connectivity index (χ0n) is 12.0. The summed E-state index contributed by atoms with van der Waals surface area (Å²) in [6, 6.07) is 5.00. The van der Waals surface area contributed by atoms with Crippen molar-refractivity contribution in [3.8, 4) is 0 Å². The van der Waals surface area contributed by atoms with Crippen molar-refractivity contribution in [2.24, 2.45) is 5.41 Å². The van der Waals surface area contributed by atoms with E-state index in [4.69, 9.17) is 4.74 Å². The van der Waals surface area contributed by atoms with Crippen LogP contribution >= 0.6 is 0 Å². The summed E-state index contributed by atoms with van der Waals surface area (Å²) in [5, 5.41) is 13.6. The first-order chi connectivity index (χ1) is 8.83. The lowest BCUT2D eigenvalue weighted by Crippen LogP contribution is -2.09. The van der Waals surface area contributed by atoms with Crippen LogP contribution in [0, 0.1) is 15.5 Å². The molecule has 106 valence electrons. The Morgan fingerprint density at radius 1 is 1.37 bits per heavy atom. The monoisotopic (exact) mass is 266 g/mol. The van der Waals surface area contributed by atoms with E-state index in [0.29, 0.717) is 18.9 Å². The Balaban J connectivity index is 2.58. The molecule has 0 saturated carbocycles. The molecule has 0 radical (unpaired) electrons. The van der Waals surface area contributed by atoms with Gasteiger partial charge in [-0.1, -0.05) is 20.8 Å². The lowest BCUT2D eigenvalue weighted by atomic mass is 9.93. The van der Waals surface area contributed by atoms with E-state index in [9.17, 15) is 10.1 Å². The van der Waals surface area contributed by atoms with Crippen molar-refractivity contribution in [3.05, 3.63) is 33.9 Å². The second-order valence-corrected chi connectivity index (χ2v) is 5.72. The molecular weight excluding hydrogens is 244 g/mol. The highest BCUT2D eigenvalue weighted by Gasteiger charge is 2.13. The smallest absolute Gasteiger partial charge is 0.292 e. The van der Waals surface area contributed by atoms with Gasteiger partial charge in [0.15, 0.2) is 0 Å². The van der Waals surface area contributed by atoms with E-state index in [1.54, 1.807) is 19.2 Å². The molecule has 0 aliphatic carbocycles. The molecule has 0 saturated heterocycles. The van der Waals surface area contributed by atoms with Crippen LogP contribution in [0.15, 0.2) is 18.2 Å². The summed E-state index contributed by atoms with van der Waals surface area (Å²) in [6.07, 6.45) is 0.985. The summed E-state index contributed by atoms with van der Waals surface area (Å²) in [5.41, 5.74) is 1.79. The van der Waals surface area contributed by atoms with Crippen molar-refractivity contribution in [1.82, 2.24) is 0 Å². The zero-order chi connectivity index (χ0) is 14.5. The van der Waals surface area contributed by atoms with Gasteiger partial charge in [0.2, 0.25) is 0 Å². The molecule has 0 atom stereocenters. The van der Waals surface area contributed by atoms with Crippen molar-refractivity contribution in [2.75, 3.05) is 19.0 Å². The van der Waals surface area contributed by atoms with Crippen molar-refractivity contribution in [2.45, 2.75) is 33.8 Å². The second kappa shape index (κ2) is 6.52. The lowest BCUT2D eigenvalue weighted by molar-refractivity contribution is -0.384. The summed E-state index contributed by atoms with van der Waals surface area (Å²) < 4.78 is 5.60. The van der Waals surface area contributed by atoms with Gasteiger partial charge in [0.05, 0.1) is 11.5 Å². The van der Waals surface area contributed by atoms with Crippen LogP contribution in [0.25, 0.3) is 0 Å². The molecule has 19 heavy (non-hydrogen) atoms. The number of nitrogens with one attached hydrogen (secondary N) is 1. The van der Waals surface area contributed by atoms with Gasteiger partial charge < -0.3 is 10.1 Å². The number of nitrogens with zero attached hydrogens (tertiary/aromatic N) is 1. The van der Waals surface area contributed by atoms with E-state index in [0.717, 1.165) is 12.0 Å². The molecule has 0 aliphatic rings. The van der Waals surface area contributed by atoms with Crippen LogP contribution in [0.3, 0.4) is 0 Å². The van der Waals surface area contributed by atoms with Gasteiger partial charge in [0.1, 0.15) is 5.69 Å². The molecule has 1 rings (SSSR count). The van der Waals surface area contributed by atoms with Gasteiger partial charge in [0, 0.05) is 19.7 Å². The Morgan fingerprint density at radius 2 is 2.05 bits per heavy atom. The number of ether oxygens (including phenoxy) is 1. The van der Waals surface area contributed by atoms with E-state index in [1.165, 1.54) is 6.07 Å². The van der Waals surface area contributed by atoms with Gasteiger partial charge in [-0.25, -0.2) is 0 Å². The van der Waals surface area contributed by atoms with Crippen LogP contribution in [0.2, 0.25) is 0 Å². The lowest BCUT2D eigenvalue weighted by Gasteiger charge is -2.17. The Hall–Kier alpha value is -1.62. The largest absolute Gasteiger partial charge is 0.383 e. The van der Waals surface area contributed by atoms with Gasteiger partial charge in [-0.05, 0) is 29.5 Å². The molecule has 5 nitrogen and oxygen atoms in total. The van der Waals surface area contributed by atoms with Crippen LogP contribution in [-0.2, 0) is 11.3 Å². The molecule has 0 unspecified atom stereocenters. The summed E-state index contributed by atoms with van der Waals surface area (Å²) in [7, 11) is 1.67. The van der Waals surface area contributed by atoms with Crippen LogP contribution < -0.4 is 5.32 Å². The highest BCUT2D eigenvalue weighted by Crippen LogP contribution is 2.25. The van der Waals surface area contributed by atoms with Crippen LogP contribution in [0.4, 0.5) is 11.4 Å². The zero-order valence-corrected chi connectivity index (χ0v) is 12.0. The molecule has 1 N–H and O–H groups in total. The fourth-order valence-electron chi connectivity index (χ4n) is 1.60. The van der Waals surface area contributed by atoms with Crippen molar-refractivity contribution in [1.29, 1.82) is 0 Å². The van der Waals surface area contributed by atoms with Gasteiger partial charge in [-0.15, -0.1) is 0 Å². The third kappa shape index (κ3) is 5.26. The van der Waals surface area contributed by atoms with Crippen LogP contribution in [0.5, 0.6) is 0 Å². The highest BCUT2D eigenvalue weighted by atomic mass is 16.6. The molecule has 0 heterocycles. The van der Waals surface area contributed by atoms with Crippen molar-refractivity contribution < 1.29 is 9.66 Å². The van der Waals surface area contributed by atoms with Crippen molar-refractivity contribution >= 4 is 11.4 Å². The Kier molecular flexibility index (Phi) is 5.30. The number of anilines is 1. The maximum absolute atomic E-state index is 10.8. The quantitative estimate of drug-likeness (QED) is 0.485. The summed E-state index contributed by atoms with van der Waals surface area (Å²) in [4.78, 5) is 10.4. The van der Waals surface area contributed by atoms with E-state index in [1.807, 2.05) is 0 Å². The normalized spacial score (nSPS) is 11.4. The van der Waals surface area contributed by atoms with Gasteiger partial charge in [-0.2, -0.15) is 0 Å². The molecule has 0 bridgehead atoms. The Morgan fingerprint density at radius 3 is 2.58 bits per heavy atom. The van der Waals surface area contributed by atoms with E-state index in [-0.39, 0.29) is 11.1 Å². The molecule has 5 heteroatoms. The predicted octanol–water partition coefficient (Wildman–Crippen LogP) is 3.59. The number of nitro benzene ring substituents is 1. The number of benzene rings is 1. The van der Waals surface area contributed by atoms with Gasteiger partial charge in [0.25, 0.3) is 5.69 Å². The first-order valence-electron chi connectivity index (χ1n) is 6.36. The van der Waals surface area contributed by atoms with Gasteiger partial charge in [-0.3, -0.25) is 10.1 Å². The average molecular weight is 266 g/mol. The maximum atomic E-state index is 10.8. The number of rotatable bonds is 6. The standard InChI is InChI=1S/C14H22N2O3/c1-14(2,3)7-8-19-10-11-5-6-13(16(17)18)12(9-11)15-4/h5-6,9,15H,7-8,10H2,1-4H3. The average Bonchev–Trinajstić information content (AvgIpc) is 2.33. The predicted molar refractivity (Wildman–Crippen MR) is 76.4 cm³/mol. The summed E-state index contributed by atoms with van der Waals surface area (Å²) >= 11 is 0. The molecule has 1 aromatic carbocycles. The summed E-state index contributed by atoms with van der Waals surface area (Å²) in [5.74, 6) is 0.